The molecule has 0 bridgehead atoms. The minimum Gasteiger partial charge on any atom is -0.394 e. The molecule has 5 heteroatoms. The van der Waals surface area contributed by atoms with Crippen molar-refractivity contribution in [2.75, 3.05) is 13.2 Å². The Morgan fingerprint density at radius 3 is 2.48 bits per heavy atom. The van der Waals surface area contributed by atoms with Crippen molar-refractivity contribution in [3.8, 4) is 0 Å². The van der Waals surface area contributed by atoms with Crippen LogP contribution in [0.4, 0.5) is 0 Å². The molecule has 0 unspecified atom stereocenters. The number of hydrogen-bond donors (Lipinski definition) is 2. The number of aliphatic hydroxyl groups is 1. The Labute approximate surface area is 173 Å². The van der Waals surface area contributed by atoms with E-state index in [0.29, 0.717) is 13.0 Å². The zero-order valence-corrected chi connectivity index (χ0v) is 17.3. The highest BCUT2D eigenvalue weighted by atomic mass is 16.3. The van der Waals surface area contributed by atoms with Crippen molar-refractivity contribution in [1.82, 2.24) is 10.2 Å². The second-order valence-corrected chi connectivity index (χ2v) is 8.62. The van der Waals surface area contributed by atoms with Crippen LogP contribution in [0.1, 0.15) is 68.9 Å². The van der Waals surface area contributed by atoms with E-state index in [4.69, 9.17) is 0 Å². The maximum absolute atomic E-state index is 12.8. The van der Waals surface area contributed by atoms with Gasteiger partial charge in [-0.2, -0.15) is 0 Å². The van der Waals surface area contributed by atoms with Gasteiger partial charge in [0.15, 0.2) is 0 Å². The predicted molar refractivity (Wildman–Crippen MR) is 113 cm³/mol. The Bertz CT molecular complexity index is 782. The lowest BCUT2D eigenvalue weighted by Gasteiger charge is -2.55. The molecule has 1 aromatic carbocycles. The van der Waals surface area contributed by atoms with Gasteiger partial charge in [-0.3, -0.25) is 9.59 Å². The van der Waals surface area contributed by atoms with Crippen molar-refractivity contribution < 1.29 is 14.7 Å². The Morgan fingerprint density at radius 1 is 1.14 bits per heavy atom. The van der Waals surface area contributed by atoms with Crippen molar-refractivity contribution in [1.29, 1.82) is 0 Å². The van der Waals surface area contributed by atoms with Gasteiger partial charge in [0, 0.05) is 24.8 Å². The minimum atomic E-state index is -0.202. The lowest BCUT2D eigenvalue weighted by molar-refractivity contribution is -0.152. The second kappa shape index (κ2) is 8.70. The van der Waals surface area contributed by atoms with Gasteiger partial charge in [-0.1, -0.05) is 37.3 Å². The highest BCUT2D eigenvalue weighted by molar-refractivity contribution is 5.83. The number of benzene rings is 1. The van der Waals surface area contributed by atoms with E-state index in [9.17, 15) is 14.7 Å². The number of amides is 2. The van der Waals surface area contributed by atoms with Crippen molar-refractivity contribution in [2.45, 2.75) is 69.9 Å². The van der Waals surface area contributed by atoms with Crippen LogP contribution < -0.4 is 5.32 Å². The normalized spacial score (nSPS) is 26.5. The van der Waals surface area contributed by atoms with E-state index in [1.165, 1.54) is 24.0 Å². The van der Waals surface area contributed by atoms with E-state index >= 15 is 0 Å². The molecule has 3 atom stereocenters. The average Bonchev–Trinajstić information content (AvgIpc) is 3.59. The summed E-state index contributed by atoms with van der Waals surface area (Å²) in [6, 6.07) is 8.35. The van der Waals surface area contributed by atoms with Crippen molar-refractivity contribution in [2.24, 2.45) is 5.92 Å². The number of rotatable bonds is 7. The van der Waals surface area contributed by atoms with Gasteiger partial charge in [-0.05, 0) is 55.2 Å². The molecule has 4 rings (SSSR count). The summed E-state index contributed by atoms with van der Waals surface area (Å²) in [5.41, 5.74) is 3.84. The third kappa shape index (κ3) is 4.11. The zero-order chi connectivity index (χ0) is 20.4. The lowest BCUT2D eigenvalue weighted by atomic mass is 9.74. The van der Waals surface area contributed by atoms with Crippen molar-refractivity contribution in [3.05, 3.63) is 41.5 Å². The van der Waals surface area contributed by atoms with E-state index in [0.717, 1.165) is 31.2 Å². The third-order valence-electron chi connectivity index (χ3n) is 6.70. The molecule has 0 radical (unpaired) electrons. The van der Waals surface area contributed by atoms with Crippen LogP contribution in [-0.4, -0.2) is 47.1 Å². The molecule has 2 amide bonds. The molecule has 0 aromatic heterocycles. The van der Waals surface area contributed by atoms with Gasteiger partial charge in [0.1, 0.15) is 0 Å². The number of nitrogens with zero attached hydrogens (tertiary/aromatic N) is 1. The Morgan fingerprint density at radius 2 is 1.90 bits per heavy atom. The summed E-state index contributed by atoms with van der Waals surface area (Å²) in [4.78, 5) is 26.5. The van der Waals surface area contributed by atoms with Crippen LogP contribution in [-0.2, 0) is 9.59 Å². The number of carbonyl (C=O) groups is 2. The first kappa shape index (κ1) is 20.1. The summed E-state index contributed by atoms with van der Waals surface area (Å²) in [7, 11) is 0. The molecule has 1 aliphatic heterocycles. The first-order chi connectivity index (χ1) is 14.1. The van der Waals surface area contributed by atoms with E-state index in [1.807, 2.05) is 11.8 Å². The van der Waals surface area contributed by atoms with Gasteiger partial charge < -0.3 is 15.3 Å². The molecule has 2 N–H and O–H groups in total. The third-order valence-corrected chi connectivity index (χ3v) is 6.70. The van der Waals surface area contributed by atoms with Crippen molar-refractivity contribution >= 4 is 17.4 Å². The Kier molecular flexibility index (Phi) is 6.04. The van der Waals surface area contributed by atoms with Gasteiger partial charge in [-0.15, -0.1) is 0 Å². The molecule has 2 fully saturated rings. The molecule has 1 aromatic rings. The molecule has 0 spiro atoms. The predicted octanol–water partition coefficient (Wildman–Crippen LogP) is 3.24. The molecule has 1 heterocycles. The van der Waals surface area contributed by atoms with E-state index in [1.54, 1.807) is 0 Å². The van der Waals surface area contributed by atoms with Gasteiger partial charge in [0.05, 0.1) is 18.7 Å². The zero-order valence-electron chi connectivity index (χ0n) is 17.3. The first-order valence-electron chi connectivity index (χ1n) is 11.1. The first-order valence-corrected chi connectivity index (χ1v) is 11.1. The molecular formula is C24H32N2O3. The van der Waals surface area contributed by atoms with Gasteiger partial charge in [0.2, 0.25) is 11.8 Å². The Balaban J connectivity index is 1.54. The number of hydrogen-bond acceptors (Lipinski definition) is 3. The van der Waals surface area contributed by atoms with Crippen LogP contribution in [0.25, 0.3) is 5.57 Å². The van der Waals surface area contributed by atoms with Crippen LogP contribution in [0.3, 0.4) is 0 Å². The fraction of sp³-hybridized carbons (Fsp3) is 0.583. The Hall–Kier alpha value is -2.14. The number of allylic oxidation sites excluding steroid dienone is 2. The maximum atomic E-state index is 12.8. The van der Waals surface area contributed by atoms with E-state index in [2.05, 4.69) is 35.7 Å². The van der Waals surface area contributed by atoms with Crippen LogP contribution in [0.15, 0.2) is 30.3 Å². The number of nitrogens with one attached hydrogen (secondary N) is 1. The quantitative estimate of drug-likeness (QED) is 0.743. The van der Waals surface area contributed by atoms with Crippen LogP contribution >= 0.6 is 0 Å². The largest absolute Gasteiger partial charge is 0.394 e. The minimum absolute atomic E-state index is 0.00500. The number of carbonyl (C=O) groups excluding carboxylic acids is 2. The van der Waals surface area contributed by atoms with Gasteiger partial charge in [0.25, 0.3) is 0 Å². The summed E-state index contributed by atoms with van der Waals surface area (Å²) in [5.74, 6) is 0.291. The monoisotopic (exact) mass is 396 g/mol. The van der Waals surface area contributed by atoms with E-state index < -0.39 is 0 Å². The molecule has 1 saturated carbocycles. The number of likely N-dealkylation sites (tertiary alicyclic amines) is 1. The SMILES string of the molecule is CCC(=O)NC[C@H]1[C@@H](c2ccc(C3=CCCCC3)cc2)[C@@H](CO)N1C(=O)C1CC1. The fourth-order valence-electron chi connectivity index (χ4n) is 4.85. The van der Waals surface area contributed by atoms with Crippen molar-refractivity contribution in [3.63, 3.8) is 0 Å². The molecule has 3 aliphatic rings. The molecular weight excluding hydrogens is 364 g/mol. The summed E-state index contributed by atoms with van der Waals surface area (Å²) < 4.78 is 0. The highest BCUT2D eigenvalue weighted by Gasteiger charge is 2.53. The standard InChI is InChI=1S/C24H32N2O3/c1-2-22(28)25-14-20-23(21(15-27)26(20)24(29)19-12-13-19)18-10-8-17(9-11-18)16-6-4-3-5-7-16/h6,8-11,19-21,23,27H,2-5,7,12-15H2,1H3,(H,25,28)/t20-,21+,23+/m0/s1. The highest BCUT2D eigenvalue weighted by Crippen LogP contribution is 2.44. The van der Waals surface area contributed by atoms with Crippen LogP contribution in [0, 0.1) is 5.92 Å². The fourth-order valence-corrected chi connectivity index (χ4v) is 4.85. The molecule has 156 valence electrons. The smallest absolute Gasteiger partial charge is 0.226 e. The average molecular weight is 397 g/mol. The summed E-state index contributed by atoms with van der Waals surface area (Å²) >= 11 is 0. The molecule has 5 nitrogen and oxygen atoms in total. The second-order valence-electron chi connectivity index (χ2n) is 8.62. The molecule has 2 aliphatic carbocycles. The summed E-state index contributed by atoms with van der Waals surface area (Å²) in [6.45, 7) is 2.23. The topological polar surface area (TPSA) is 69.6 Å². The van der Waals surface area contributed by atoms with Crippen LogP contribution in [0.2, 0.25) is 0 Å². The lowest BCUT2D eigenvalue weighted by Crippen LogP contribution is -2.68. The van der Waals surface area contributed by atoms with Gasteiger partial charge in [-0.25, -0.2) is 0 Å². The molecule has 1 saturated heterocycles. The molecule has 29 heavy (non-hydrogen) atoms. The maximum Gasteiger partial charge on any atom is 0.226 e. The number of aliphatic hydroxyl groups excluding tert-OH is 1. The van der Waals surface area contributed by atoms with E-state index in [-0.39, 0.29) is 42.3 Å². The van der Waals surface area contributed by atoms with Gasteiger partial charge >= 0.3 is 0 Å². The summed E-state index contributed by atoms with van der Waals surface area (Å²) in [6.07, 6.45) is 9.48. The van der Waals surface area contributed by atoms with Crippen LogP contribution in [0.5, 0.6) is 0 Å². The summed E-state index contributed by atoms with van der Waals surface area (Å²) in [5, 5.41) is 13.0.